The van der Waals surface area contributed by atoms with Gasteiger partial charge in [-0.15, -0.1) is 0 Å². The van der Waals surface area contributed by atoms with Crippen LogP contribution in [0.25, 0.3) is 54.8 Å². The number of rotatable bonds is 6. The SMILES string of the molecule is c1ccc(-n2c3ccccc3c3c4c(ccc32)N(c2cccc(Oc3ccc5c6ccccc6n6ccnc6c5c3)c2)c2ncccc2[Si]4(c2ccccc2)c2ccccc2)cc1. The number of benzene rings is 8. The third-order valence-electron chi connectivity index (χ3n) is 12.9. The first-order chi connectivity index (χ1) is 31.3. The Morgan fingerprint density at radius 2 is 1.13 bits per heavy atom. The van der Waals surface area contributed by atoms with Crippen molar-refractivity contribution in [3.8, 4) is 17.2 Å². The van der Waals surface area contributed by atoms with Crippen molar-refractivity contribution in [2.75, 3.05) is 4.90 Å². The predicted octanol–water partition coefficient (Wildman–Crippen LogP) is 11.1. The van der Waals surface area contributed by atoms with Gasteiger partial charge in [0.25, 0.3) is 0 Å². The molecule has 0 aliphatic carbocycles. The Balaban J connectivity index is 1.07. The third kappa shape index (κ3) is 5.17. The lowest BCUT2D eigenvalue weighted by molar-refractivity contribution is 0.483. The van der Waals surface area contributed by atoms with Gasteiger partial charge in [0, 0.05) is 57.6 Å². The molecule has 63 heavy (non-hydrogen) atoms. The van der Waals surface area contributed by atoms with Crippen LogP contribution in [0.3, 0.4) is 0 Å². The number of anilines is 3. The summed E-state index contributed by atoms with van der Waals surface area (Å²) >= 11 is 0. The second-order valence-corrected chi connectivity index (χ2v) is 19.9. The molecule has 0 saturated carbocycles. The molecule has 13 rings (SSSR count). The zero-order valence-corrected chi connectivity index (χ0v) is 35.0. The zero-order chi connectivity index (χ0) is 41.5. The fraction of sp³-hybridized carbons (Fsp3) is 0. The molecule has 296 valence electrons. The molecule has 1 aliphatic rings. The van der Waals surface area contributed by atoms with Crippen molar-refractivity contribution in [3.63, 3.8) is 0 Å². The monoisotopic (exact) mass is 823 g/mol. The first kappa shape index (κ1) is 35.5. The molecule has 0 spiro atoms. The van der Waals surface area contributed by atoms with Crippen LogP contribution in [-0.2, 0) is 0 Å². The Hall–Kier alpha value is -8.26. The molecule has 12 aromatic rings. The molecular weight excluding hydrogens is 787 g/mol. The molecule has 0 unspecified atom stereocenters. The summed E-state index contributed by atoms with van der Waals surface area (Å²) in [5, 5.41) is 11.0. The maximum absolute atomic E-state index is 6.81. The van der Waals surface area contributed by atoms with Gasteiger partial charge in [-0.1, -0.05) is 127 Å². The van der Waals surface area contributed by atoms with E-state index in [1.165, 1.54) is 47.9 Å². The molecular formula is C56H37N5OSi. The molecule has 5 heterocycles. The van der Waals surface area contributed by atoms with Crippen LogP contribution in [0.2, 0.25) is 0 Å². The van der Waals surface area contributed by atoms with Gasteiger partial charge in [-0.05, 0) is 98.9 Å². The van der Waals surface area contributed by atoms with Gasteiger partial charge in [-0.3, -0.25) is 9.30 Å². The molecule has 0 fully saturated rings. The van der Waals surface area contributed by atoms with Gasteiger partial charge < -0.3 is 9.30 Å². The summed E-state index contributed by atoms with van der Waals surface area (Å²) in [7, 11) is -3.11. The first-order valence-electron chi connectivity index (χ1n) is 21.3. The number of nitrogens with zero attached hydrogens (tertiary/aromatic N) is 5. The second-order valence-electron chi connectivity index (χ2n) is 16.2. The normalized spacial score (nSPS) is 13.2. The van der Waals surface area contributed by atoms with E-state index in [-0.39, 0.29) is 0 Å². The average Bonchev–Trinajstić information content (AvgIpc) is 3.99. The van der Waals surface area contributed by atoms with E-state index in [0.29, 0.717) is 0 Å². The summed E-state index contributed by atoms with van der Waals surface area (Å²) in [6.45, 7) is 0. The minimum Gasteiger partial charge on any atom is -0.457 e. The summed E-state index contributed by atoms with van der Waals surface area (Å²) in [5.41, 5.74) is 7.58. The maximum atomic E-state index is 6.81. The van der Waals surface area contributed by atoms with E-state index in [0.717, 1.165) is 56.3 Å². The molecule has 0 radical (unpaired) electrons. The van der Waals surface area contributed by atoms with Gasteiger partial charge in [0.2, 0.25) is 0 Å². The van der Waals surface area contributed by atoms with Crippen LogP contribution in [-0.4, -0.2) is 27.0 Å². The highest BCUT2D eigenvalue weighted by atomic mass is 28.3. The fourth-order valence-electron chi connectivity index (χ4n) is 10.4. The van der Waals surface area contributed by atoms with E-state index in [1.54, 1.807) is 0 Å². The second kappa shape index (κ2) is 13.9. The van der Waals surface area contributed by atoms with Gasteiger partial charge in [0.1, 0.15) is 23.0 Å². The Kier molecular flexibility index (Phi) is 7.82. The van der Waals surface area contributed by atoms with Crippen molar-refractivity contribution in [2.45, 2.75) is 0 Å². The molecule has 6 nitrogen and oxygen atoms in total. The Morgan fingerprint density at radius 1 is 0.444 bits per heavy atom. The van der Waals surface area contributed by atoms with E-state index < -0.39 is 8.07 Å². The van der Waals surface area contributed by atoms with Crippen molar-refractivity contribution >= 4 is 95.1 Å². The standard InChI is InChI=1S/C56H37N5OSi/c1-4-16-38(17-5-1)60-49-27-13-11-25-46(49)53-50(60)31-32-51-54(53)63(42-20-6-2-7-21-42,43-22-8-3-9-23-43)52-28-15-33-57-56(52)61(51)39-18-14-19-40(36-39)62-41-29-30-44-45-24-10-12-26-48(45)59-35-34-58-55(59)47(44)37-41/h1-37H. The summed E-state index contributed by atoms with van der Waals surface area (Å²) in [5.74, 6) is 2.40. The molecule has 0 saturated heterocycles. The molecule has 7 heteroatoms. The van der Waals surface area contributed by atoms with E-state index in [9.17, 15) is 0 Å². The minimum atomic E-state index is -3.11. The largest absolute Gasteiger partial charge is 0.457 e. The number of pyridine rings is 2. The molecule has 1 aliphatic heterocycles. The third-order valence-corrected chi connectivity index (χ3v) is 17.8. The van der Waals surface area contributed by atoms with Gasteiger partial charge in [0.15, 0.2) is 8.07 Å². The smallest absolute Gasteiger partial charge is 0.187 e. The number of hydrogen-bond acceptors (Lipinski definition) is 4. The molecule has 0 bridgehead atoms. The minimum absolute atomic E-state index is 0.730. The van der Waals surface area contributed by atoms with Crippen molar-refractivity contribution < 1.29 is 4.74 Å². The fourth-order valence-corrected chi connectivity index (χ4v) is 15.7. The summed E-state index contributed by atoms with van der Waals surface area (Å²) in [6, 6.07) is 74.3. The van der Waals surface area contributed by atoms with Crippen LogP contribution in [0, 0.1) is 0 Å². The molecule has 4 aromatic heterocycles. The van der Waals surface area contributed by atoms with E-state index in [2.05, 4.69) is 214 Å². The van der Waals surface area contributed by atoms with Crippen LogP contribution in [0.1, 0.15) is 0 Å². The topological polar surface area (TPSA) is 47.6 Å². The quantitative estimate of drug-likeness (QED) is 0.124. The van der Waals surface area contributed by atoms with Crippen LogP contribution in [0.4, 0.5) is 17.2 Å². The van der Waals surface area contributed by atoms with Gasteiger partial charge in [-0.2, -0.15) is 0 Å². The van der Waals surface area contributed by atoms with Crippen molar-refractivity contribution in [3.05, 3.63) is 225 Å². The lowest BCUT2D eigenvalue weighted by Gasteiger charge is -2.44. The molecule has 0 N–H and O–H groups in total. The number of para-hydroxylation sites is 3. The summed E-state index contributed by atoms with van der Waals surface area (Å²) < 4.78 is 11.4. The van der Waals surface area contributed by atoms with Crippen LogP contribution in [0.15, 0.2) is 225 Å². The lowest BCUT2D eigenvalue weighted by atomic mass is 10.1. The maximum Gasteiger partial charge on any atom is 0.187 e. The number of ether oxygens (including phenoxy) is 1. The van der Waals surface area contributed by atoms with Crippen molar-refractivity contribution in [1.82, 2.24) is 18.9 Å². The van der Waals surface area contributed by atoms with E-state index in [1.807, 2.05) is 24.7 Å². The number of aromatic nitrogens is 4. The molecule has 0 amide bonds. The highest BCUT2D eigenvalue weighted by Crippen LogP contribution is 2.43. The Morgan fingerprint density at radius 3 is 1.92 bits per heavy atom. The van der Waals surface area contributed by atoms with E-state index in [4.69, 9.17) is 14.7 Å². The van der Waals surface area contributed by atoms with Crippen LogP contribution >= 0.6 is 0 Å². The number of fused-ring (bicyclic) bond motifs is 12. The Labute approximate surface area is 364 Å². The zero-order valence-electron chi connectivity index (χ0n) is 34.0. The highest BCUT2D eigenvalue weighted by molar-refractivity contribution is 7.22. The van der Waals surface area contributed by atoms with Gasteiger partial charge in [0.05, 0.1) is 22.2 Å². The van der Waals surface area contributed by atoms with Crippen molar-refractivity contribution in [2.24, 2.45) is 0 Å². The first-order valence-corrected chi connectivity index (χ1v) is 23.3. The number of imidazole rings is 1. The highest BCUT2D eigenvalue weighted by Gasteiger charge is 2.51. The van der Waals surface area contributed by atoms with Gasteiger partial charge in [-0.25, -0.2) is 9.97 Å². The Bertz CT molecular complexity index is 3690. The summed E-state index contributed by atoms with van der Waals surface area (Å²) in [4.78, 5) is 12.5. The van der Waals surface area contributed by atoms with Crippen molar-refractivity contribution in [1.29, 1.82) is 0 Å². The molecule has 0 atom stereocenters. The number of hydrogen-bond donors (Lipinski definition) is 0. The van der Waals surface area contributed by atoms with Gasteiger partial charge >= 0.3 is 0 Å². The summed E-state index contributed by atoms with van der Waals surface area (Å²) in [6.07, 6.45) is 5.82. The van der Waals surface area contributed by atoms with Crippen LogP contribution < -0.4 is 30.4 Å². The van der Waals surface area contributed by atoms with E-state index >= 15 is 0 Å². The lowest BCUT2D eigenvalue weighted by Crippen LogP contribution is -2.77. The van der Waals surface area contributed by atoms with Crippen LogP contribution in [0.5, 0.6) is 11.5 Å². The average molecular weight is 824 g/mol. The predicted molar refractivity (Wildman–Crippen MR) is 261 cm³/mol. The molecule has 8 aromatic carbocycles.